The van der Waals surface area contributed by atoms with Gasteiger partial charge in [-0.25, -0.2) is 0 Å². The number of anilines is 1. The van der Waals surface area contributed by atoms with Gasteiger partial charge < -0.3 is 15.0 Å². The summed E-state index contributed by atoms with van der Waals surface area (Å²) in [6.45, 7) is 9.03. The van der Waals surface area contributed by atoms with Gasteiger partial charge >= 0.3 is 0 Å². The zero-order chi connectivity index (χ0) is 15.1. The molecule has 1 aromatic rings. The van der Waals surface area contributed by atoms with Gasteiger partial charge in [-0.05, 0) is 50.4 Å². The van der Waals surface area contributed by atoms with Crippen LogP contribution in [0, 0.1) is 0 Å². The van der Waals surface area contributed by atoms with Crippen molar-refractivity contribution in [3.05, 3.63) is 28.8 Å². The molecule has 0 aliphatic carbocycles. The highest BCUT2D eigenvalue weighted by molar-refractivity contribution is 6.31. The van der Waals surface area contributed by atoms with Gasteiger partial charge in [0.1, 0.15) is 0 Å². The molecule has 0 spiro atoms. The van der Waals surface area contributed by atoms with Gasteiger partial charge in [-0.2, -0.15) is 0 Å². The summed E-state index contributed by atoms with van der Waals surface area (Å²) >= 11 is 6.41. The highest BCUT2D eigenvalue weighted by Gasteiger charge is 2.19. The molecule has 1 aliphatic heterocycles. The van der Waals surface area contributed by atoms with Gasteiger partial charge in [0, 0.05) is 37.0 Å². The normalized spacial score (nSPS) is 16.4. The zero-order valence-electron chi connectivity index (χ0n) is 13.2. The number of benzene rings is 1. The summed E-state index contributed by atoms with van der Waals surface area (Å²) in [6.07, 6.45) is 3.78. The van der Waals surface area contributed by atoms with E-state index in [0.717, 1.165) is 57.1 Å². The molecule has 0 amide bonds. The van der Waals surface area contributed by atoms with Crippen LogP contribution in [0.4, 0.5) is 5.69 Å². The quantitative estimate of drug-likeness (QED) is 0.774. The lowest BCUT2D eigenvalue weighted by Gasteiger charge is -2.33. The number of rotatable bonds is 7. The molecule has 0 aromatic heterocycles. The van der Waals surface area contributed by atoms with Gasteiger partial charge in [-0.15, -0.1) is 0 Å². The topological polar surface area (TPSA) is 24.5 Å². The Bertz CT molecular complexity index is 431. The zero-order valence-corrected chi connectivity index (χ0v) is 14.0. The van der Waals surface area contributed by atoms with E-state index in [9.17, 15) is 0 Å². The van der Waals surface area contributed by atoms with Crippen molar-refractivity contribution in [1.82, 2.24) is 5.32 Å². The minimum Gasteiger partial charge on any atom is -0.378 e. The van der Waals surface area contributed by atoms with Crippen molar-refractivity contribution in [1.29, 1.82) is 0 Å². The van der Waals surface area contributed by atoms with Crippen LogP contribution in [0.1, 0.15) is 38.7 Å². The number of ether oxygens (including phenoxy) is 1. The number of nitrogens with zero attached hydrogens (tertiary/aromatic N) is 1. The van der Waals surface area contributed by atoms with Crippen LogP contribution >= 0.6 is 11.6 Å². The summed E-state index contributed by atoms with van der Waals surface area (Å²) in [5.74, 6) is 0. The van der Waals surface area contributed by atoms with Crippen molar-refractivity contribution in [3.63, 3.8) is 0 Å². The maximum Gasteiger partial charge on any atom is 0.0608 e. The first kappa shape index (κ1) is 16.6. The van der Waals surface area contributed by atoms with Gasteiger partial charge in [0.2, 0.25) is 0 Å². The molecule has 0 bridgehead atoms. The summed E-state index contributed by atoms with van der Waals surface area (Å²) in [5, 5.41) is 4.26. The maximum absolute atomic E-state index is 6.41. The Morgan fingerprint density at radius 1 is 1.29 bits per heavy atom. The largest absolute Gasteiger partial charge is 0.378 e. The lowest BCUT2D eigenvalue weighted by atomic mass is 10.1. The Kier molecular flexibility index (Phi) is 6.81. The second kappa shape index (κ2) is 8.62. The van der Waals surface area contributed by atoms with E-state index in [1.54, 1.807) is 0 Å². The first-order valence-corrected chi connectivity index (χ1v) is 8.48. The van der Waals surface area contributed by atoms with Crippen molar-refractivity contribution >= 4 is 17.3 Å². The molecule has 1 aromatic carbocycles. The van der Waals surface area contributed by atoms with Crippen LogP contribution < -0.4 is 10.2 Å². The molecule has 2 rings (SSSR count). The third-order valence-corrected chi connectivity index (χ3v) is 4.34. The van der Waals surface area contributed by atoms with Gasteiger partial charge in [0.25, 0.3) is 0 Å². The van der Waals surface area contributed by atoms with Crippen LogP contribution in [0.2, 0.25) is 5.02 Å². The molecule has 1 N–H and O–H groups in total. The average Bonchev–Trinajstić information content (AvgIpc) is 2.50. The monoisotopic (exact) mass is 310 g/mol. The lowest BCUT2D eigenvalue weighted by molar-refractivity contribution is 0.0459. The van der Waals surface area contributed by atoms with Crippen LogP contribution in [0.5, 0.6) is 0 Å². The van der Waals surface area contributed by atoms with Gasteiger partial charge in [-0.3, -0.25) is 0 Å². The number of nitrogens with one attached hydrogen (secondary N) is 1. The van der Waals surface area contributed by atoms with Crippen molar-refractivity contribution in [2.45, 2.75) is 45.8 Å². The molecule has 118 valence electrons. The fraction of sp³-hybridized carbons (Fsp3) is 0.647. The Labute approximate surface area is 133 Å². The SMILES string of the molecule is CCCNCc1ccc(N2CCC(OCC)CC2)cc1Cl. The first-order valence-electron chi connectivity index (χ1n) is 8.10. The van der Waals surface area contributed by atoms with E-state index >= 15 is 0 Å². The molecule has 0 atom stereocenters. The van der Waals surface area contributed by atoms with Gasteiger partial charge in [0.15, 0.2) is 0 Å². The van der Waals surface area contributed by atoms with Crippen LogP contribution in [0.3, 0.4) is 0 Å². The molecule has 21 heavy (non-hydrogen) atoms. The van der Waals surface area contributed by atoms with E-state index in [1.807, 2.05) is 0 Å². The van der Waals surface area contributed by atoms with E-state index in [1.165, 1.54) is 11.3 Å². The predicted molar refractivity (Wildman–Crippen MR) is 90.3 cm³/mol. The summed E-state index contributed by atoms with van der Waals surface area (Å²) in [6, 6.07) is 6.44. The van der Waals surface area contributed by atoms with Crippen molar-refractivity contribution in [2.75, 3.05) is 31.1 Å². The number of halogens is 1. The Hall–Kier alpha value is -0.770. The van der Waals surface area contributed by atoms with E-state index < -0.39 is 0 Å². The molecule has 3 nitrogen and oxygen atoms in total. The molecule has 1 fully saturated rings. The highest BCUT2D eigenvalue weighted by Crippen LogP contribution is 2.26. The third-order valence-electron chi connectivity index (χ3n) is 3.99. The van der Waals surface area contributed by atoms with Crippen LogP contribution in [-0.4, -0.2) is 32.3 Å². The number of hydrogen-bond acceptors (Lipinski definition) is 3. The van der Waals surface area contributed by atoms with E-state index in [4.69, 9.17) is 16.3 Å². The van der Waals surface area contributed by atoms with E-state index in [2.05, 4.69) is 42.3 Å². The summed E-state index contributed by atoms with van der Waals surface area (Å²) in [5.41, 5.74) is 2.41. The first-order chi connectivity index (χ1) is 10.2. The summed E-state index contributed by atoms with van der Waals surface area (Å²) in [7, 11) is 0. The lowest BCUT2D eigenvalue weighted by Crippen LogP contribution is -2.37. The van der Waals surface area contributed by atoms with Crippen LogP contribution in [-0.2, 0) is 11.3 Å². The standard InChI is InChI=1S/C17H27ClN2O/c1-3-9-19-13-14-5-6-15(12-17(14)18)20-10-7-16(8-11-20)21-4-2/h5-6,12,16,19H,3-4,7-11,13H2,1-2H3. The summed E-state index contributed by atoms with van der Waals surface area (Å²) in [4.78, 5) is 2.41. The van der Waals surface area contributed by atoms with E-state index in [-0.39, 0.29) is 0 Å². The molecule has 1 saturated heterocycles. The highest BCUT2D eigenvalue weighted by atomic mass is 35.5. The number of hydrogen-bond donors (Lipinski definition) is 1. The maximum atomic E-state index is 6.41. The molecule has 0 unspecified atom stereocenters. The Balaban J connectivity index is 1.91. The second-order valence-electron chi connectivity index (χ2n) is 5.59. The third kappa shape index (κ3) is 4.87. The van der Waals surface area contributed by atoms with Crippen LogP contribution in [0.25, 0.3) is 0 Å². The predicted octanol–water partition coefficient (Wildman–Crippen LogP) is 3.84. The number of piperidine rings is 1. The fourth-order valence-electron chi connectivity index (χ4n) is 2.79. The minimum absolute atomic E-state index is 0.430. The molecule has 1 heterocycles. The van der Waals surface area contributed by atoms with E-state index in [0.29, 0.717) is 6.10 Å². The Morgan fingerprint density at radius 2 is 2.05 bits per heavy atom. The second-order valence-corrected chi connectivity index (χ2v) is 6.00. The molecule has 4 heteroatoms. The molecule has 0 radical (unpaired) electrons. The molecule has 0 saturated carbocycles. The smallest absolute Gasteiger partial charge is 0.0608 e. The van der Waals surface area contributed by atoms with Crippen molar-refractivity contribution in [3.8, 4) is 0 Å². The minimum atomic E-state index is 0.430. The van der Waals surface area contributed by atoms with Gasteiger partial charge in [0.05, 0.1) is 6.10 Å². The van der Waals surface area contributed by atoms with Crippen molar-refractivity contribution < 1.29 is 4.74 Å². The molecular formula is C17H27ClN2O. The van der Waals surface area contributed by atoms with Crippen molar-refractivity contribution in [2.24, 2.45) is 0 Å². The molecular weight excluding hydrogens is 284 g/mol. The summed E-state index contributed by atoms with van der Waals surface area (Å²) < 4.78 is 5.70. The fourth-order valence-corrected chi connectivity index (χ4v) is 3.03. The molecule has 1 aliphatic rings. The van der Waals surface area contributed by atoms with Gasteiger partial charge in [-0.1, -0.05) is 24.6 Å². The Morgan fingerprint density at radius 3 is 2.67 bits per heavy atom. The average molecular weight is 311 g/mol. The van der Waals surface area contributed by atoms with Crippen LogP contribution in [0.15, 0.2) is 18.2 Å².